The Morgan fingerprint density at radius 2 is 2.00 bits per heavy atom. The van der Waals surface area contributed by atoms with Gasteiger partial charge in [-0.3, -0.25) is 4.79 Å². The zero-order valence-electron chi connectivity index (χ0n) is 17.3. The second-order valence-corrected chi connectivity index (χ2v) is 6.87. The fraction of sp³-hybridized carbons (Fsp3) is 0.190. The topological polar surface area (TPSA) is 106 Å². The molecule has 9 nitrogen and oxygen atoms in total. The maximum absolute atomic E-state index is 13.1. The predicted molar refractivity (Wildman–Crippen MR) is 114 cm³/mol. The van der Waals surface area contributed by atoms with Crippen LogP contribution in [0.4, 0.5) is 30.5 Å². The minimum absolute atomic E-state index is 0.00875. The largest absolute Gasteiger partial charge is 0.433 e. The average Bonchev–Trinajstić information content (AvgIpc) is 3.26. The smallest absolute Gasteiger partial charge is 0.384 e. The lowest BCUT2D eigenvalue weighted by Gasteiger charge is -2.12. The molecule has 0 bridgehead atoms. The minimum atomic E-state index is -4.59. The van der Waals surface area contributed by atoms with Crippen LogP contribution in [0.25, 0.3) is 17.0 Å². The monoisotopic (exact) mass is 457 g/mol. The van der Waals surface area contributed by atoms with Gasteiger partial charge in [-0.1, -0.05) is 6.07 Å². The van der Waals surface area contributed by atoms with E-state index in [9.17, 15) is 18.0 Å². The summed E-state index contributed by atoms with van der Waals surface area (Å²) >= 11 is 0. The van der Waals surface area contributed by atoms with Crippen molar-refractivity contribution in [3.63, 3.8) is 0 Å². The first-order valence-corrected chi connectivity index (χ1v) is 9.75. The number of carbonyl (C=O) groups excluding carboxylic acids is 1. The number of methoxy groups -OCH3 is 1. The molecule has 0 spiro atoms. The molecule has 4 aromatic heterocycles. The summed E-state index contributed by atoms with van der Waals surface area (Å²) in [6.07, 6.45) is -1.26. The van der Waals surface area contributed by atoms with Crippen molar-refractivity contribution in [3.05, 3.63) is 60.6 Å². The van der Waals surface area contributed by atoms with E-state index >= 15 is 0 Å². The number of ether oxygens (including phenoxy) is 1. The van der Waals surface area contributed by atoms with Crippen LogP contribution >= 0.6 is 0 Å². The van der Waals surface area contributed by atoms with Gasteiger partial charge in [-0.25, -0.2) is 19.5 Å². The van der Waals surface area contributed by atoms with Gasteiger partial charge in [-0.15, -0.1) is 5.10 Å². The first-order valence-electron chi connectivity index (χ1n) is 9.75. The first-order chi connectivity index (χ1) is 15.8. The van der Waals surface area contributed by atoms with Crippen molar-refractivity contribution < 1.29 is 22.7 Å². The Hall–Kier alpha value is -4.06. The number of nitrogens with zero attached hydrogens (tertiary/aromatic N) is 5. The zero-order chi connectivity index (χ0) is 23.4. The Morgan fingerprint density at radius 3 is 2.79 bits per heavy atom. The number of aromatic nitrogens is 5. The Morgan fingerprint density at radius 1 is 1.15 bits per heavy atom. The lowest BCUT2D eigenvalue weighted by molar-refractivity contribution is -0.141. The highest BCUT2D eigenvalue weighted by Gasteiger charge is 2.32. The van der Waals surface area contributed by atoms with Crippen molar-refractivity contribution in [2.45, 2.75) is 12.6 Å². The fourth-order valence-corrected chi connectivity index (χ4v) is 2.97. The standard InChI is InChI=1S/C21H18F3N7O2/c1-33-11-8-18(32)28-17-12-13(7-9-25-17)26-20-15-5-3-10-31(15)30-19(29-20)14-4-2-6-16(27-14)21(22,23)24/h2-7,9-10,12H,8,11H2,1H3,(H2,25,26,28,29,30,32). The van der Waals surface area contributed by atoms with Gasteiger partial charge in [0, 0.05) is 31.3 Å². The number of hydrogen-bond acceptors (Lipinski definition) is 7. The summed E-state index contributed by atoms with van der Waals surface area (Å²) in [6, 6.07) is 10.3. The van der Waals surface area contributed by atoms with Gasteiger partial charge in [0.2, 0.25) is 11.7 Å². The second-order valence-electron chi connectivity index (χ2n) is 6.87. The summed E-state index contributed by atoms with van der Waals surface area (Å²) in [5, 5.41) is 10.0. The van der Waals surface area contributed by atoms with Crippen LogP contribution in [0.3, 0.4) is 0 Å². The number of rotatable bonds is 7. The third-order valence-electron chi connectivity index (χ3n) is 4.48. The van der Waals surface area contributed by atoms with Gasteiger partial charge in [0.1, 0.15) is 22.7 Å². The van der Waals surface area contributed by atoms with E-state index in [0.717, 1.165) is 6.07 Å². The normalized spacial score (nSPS) is 11.5. The van der Waals surface area contributed by atoms with Gasteiger partial charge in [0.15, 0.2) is 5.82 Å². The maximum atomic E-state index is 13.1. The molecule has 4 heterocycles. The number of fused-ring (bicyclic) bond motifs is 1. The van der Waals surface area contributed by atoms with E-state index in [-0.39, 0.29) is 30.5 Å². The van der Waals surface area contributed by atoms with E-state index in [1.165, 1.54) is 30.0 Å². The lowest BCUT2D eigenvalue weighted by atomic mass is 10.3. The number of alkyl halides is 3. The molecule has 2 N–H and O–H groups in total. The van der Waals surface area contributed by atoms with E-state index in [0.29, 0.717) is 22.8 Å². The molecule has 0 unspecified atom stereocenters. The summed E-state index contributed by atoms with van der Waals surface area (Å²) in [7, 11) is 1.50. The van der Waals surface area contributed by atoms with Crippen LogP contribution in [-0.2, 0) is 15.7 Å². The average molecular weight is 457 g/mol. The SMILES string of the molecule is COCCC(=O)Nc1cc(Nc2nc(-c3cccc(C(F)(F)F)n3)nn3cccc23)ccn1. The Bertz CT molecular complexity index is 1290. The third-order valence-corrected chi connectivity index (χ3v) is 4.48. The van der Waals surface area contributed by atoms with Crippen LogP contribution in [-0.4, -0.2) is 44.2 Å². The van der Waals surface area contributed by atoms with Gasteiger partial charge in [0.05, 0.1) is 13.0 Å². The van der Waals surface area contributed by atoms with Crippen molar-refractivity contribution in [1.82, 2.24) is 24.6 Å². The summed E-state index contributed by atoms with van der Waals surface area (Å²) in [6.45, 7) is 0.281. The molecule has 0 saturated heterocycles. The van der Waals surface area contributed by atoms with E-state index in [4.69, 9.17) is 4.74 Å². The van der Waals surface area contributed by atoms with Gasteiger partial charge >= 0.3 is 6.18 Å². The Balaban J connectivity index is 1.65. The summed E-state index contributed by atoms with van der Waals surface area (Å²) in [5.74, 6) is 0.415. The highest BCUT2D eigenvalue weighted by Crippen LogP contribution is 2.29. The molecule has 0 fully saturated rings. The second kappa shape index (κ2) is 9.20. The number of hydrogen-bond donors (Lipinski definition) is 2. The molecule has 0 atom stereocenters. The van der Waals surface area contributed by atoms with Crippen molar-refractivity contribution in [2.24, 2.45) is 0 Å². The Kier molecular flexibility index (Phi) is 6.18. The molecule has 0 aliphatic heterocycles. The summed E-state index contributed by atoms with van der Waals surface area (Å²) < 4.78 is 45.6. The van der Waals surface area contributed by atoms with Crippen LogP contribution in [0.1, 0.15) is 12.1 Å². The van der Waals surface area contributed by atoms with Crippen molar-refractivity contribution in [1.29, 1.82) is 0 Å². The highest BCUT2D eigenvalue weighted by atomic mass is 19.4. The molecule has 0 aromatic carbocycles. The molecule has 0 saturated carbocycles. The van der Waals surface area contributed by atoms with Crippen LogP contribution in [0, 0.1) is 0 Å². The molecule has 4 aromatic rings. The molecular formula is C21H18F3N7O2. The van der Waals surface area contributed by atoms with Gasteiger partial charge in [-0.05, 0) is 30.3 Å². The number of nitrogens with one attached hydrogen (secondary N) is 2. The quantitative estimate of drug-likeness (QED) is 0.433. The van der Waals surface area contributed by atoms with Gasteiger partial charge < -0.3 is 15.4 Å². The molecule has 1 amide bonds. The summed E-state index contributed by atoms with van der Waals surface area (Å²) in [4.78, 5) is 24.1. The van der Waals surface area contributed by atoms with Crippen LogP contribution in [0.15, 0.2) is 54.9 Å². The number of halogens is 3. The van der Waals surface area contributed by atoms with E-state index in [1.807, 2.05) is 0 Å². The molecule has 12 heteroatoms. The minimum Gasteiger partial charge on any atom is -0.384 e. The van der Waals surface area contributed by atoms with E-state index in [2.05, 4.69) is 30.7 Å². The molecule has 33 heavy (non-hydrogen) atoms. The number of pyridine rings is 2. The predicted octanol–water partition coefficient (Wildman–Crippen LogP) is 3.92. The van der Waals surface area contributed by atoms with Crippen molar-refractivity contribution in [2.75, 3.05) is 24.4 Å². The van der Waals surface area contributed by atoms with E-state index < -0.39 is 11.9 Å². The zero-order valence-corrected chi connectivity index (χ0v) is 17.3. The molecule has 4 rings (SSSR count). The van der Waals surface area contributed by atoms with Crippen LogP contribution in [0.5, 0.6) is 0 Å². The molecule has 0 radical (unpaired) electrons. The molecule has 0 aliphatic rings. The van der Waals surface area contributed by atoms with Crippen LogP contribution in [0.2, 0.25) is 0 Å². The van der Waals surface area contributed by atoms with E-state index in [1.54, 1.807) is 30.5 Å². The molecule has 0 aliphatic carbocycles. The van der Waals surface area contributed by atoms with Crippen LogP contribution < -0.4 is 10.6 Å². The summed E-state index contributed by atoms with van der Waals surface area (Å²) in [5.41, 5.74) is 0.0861. The third kappa shape index (κ3) is 5.23. The van der Waals surface area contributed by atoms with Gasteiger partial charge in [-0.2, -0.15) is 13.2 Å². The number of amides is 1. The maximum Gasteiger partial charge on any atom is 0.433 e. The van der Waals surface area contributed by atoms with Crippen molar-refractivity contribution >= 4 is 28.7 Å². The molecular weight excluding hydrogens is 439 g/mol. The number of anilines is 3. The Labute approximate surface area is 185 Å². The molecule has 170 valence electrons. The highest BCUT2D eigenvalue weighted by molar-refractivity contribution is 5.90. The lowest BCUT2D eigenvalue weighted by Crippen LogP contribution is -2.14. The van der Waals surface area contributed by atoms with Crippen molar-refractivity contribution in [3.8, 4) is 11.5 Å². The van der Waals surface area contributed by atoms with Gasteiger partial charge in [0.25, 0.3) is 0 Å². The first kappa shape index (κ1) is 22.1. The fourth-order valence-electron chi connectivity index (χ4n) is 2.97. The number of carbonyl (C=O) groups is 1.